The number of hydrogen-bond acceptors (Lipinski definition) is 3. The van der Waals surface area contributed by atoms with E-state index in [0.717, 1.165) is 30.3 Å². The van der Waals surface area contributed by atoms with Gasteiger partial charge in [-0.1, -0.05) is 18.2 Å². The summed E-state index contributed by atoms with van der Waals surface area (Å²) in [7, 11) is 0. The molecule has 2 unspecified atom stereocenters. The highest BCUT2D eigenvalue weighted by Gasteiger charge is 2.23. The molecule has 20 heavy (non-hydrogen) atoms. The van der Waals surface area contributed by atoms with Crippen LogP contribution in [0.3, 0.4) is 0 Å². The molecule has 1 aromatic heterocycles. The molecule has 0 bridgehead atoms. The molecule has 0 aliphatic carbocycles. The molecule has 2 heterocycles. The molecule has 1 aliphatic rings. The Bertz CT molecular complexity index is 598. The van der Waals surface area contributed by atoms with Crippen LogP contribution in [0.4, 0.5) is 0 Å². The van der Waals surface area contributed by atoms with Gasteiger partial charge in [-0.2, -0.15) is 0 Å². The summed E-state index contributed by atoms with van der Waals surface area (Å²) in [5.41, 5.74) is 0.804. The summed E-state index contributed by atoms with van der Waals surface area (Å²) in [6.07, 6.45) is 2.18. The van der Waals surface area contributed by atoms with Gasteiger partial charge in [0.15, 0.2) is 0 Å². The van der Waals surface area contributed by atoms with Crippen LogP contribution in [0.2, 0.25) is 0 Å². The Hall–Kier alpha value is -1.10. The Labute approximate surface area is 129 Å². The van der Waals surface area contributed by atoms with E-state index in [4.69, 9.17) is 0 Å². The van der Waals surface area contributed by atoms with Gasteiger partial charge in [0.05, 0.1) is 5.56 Å². The number of carbonyl (C=O) groups excluding carboxylic acids is 1. The predicted molar refractivity (Wildman–Crippen MR) is 87.0 cm³/mol. The van der Waals surface area contributed by atoms with Crippen molar-refractivity contribution in [2.75, 3.05) is 6.54 Å². The molecule has 1 aromatic carbocycles. The Morgan fingerprint density at radius 3 is 3.00 bits per heavy atom. The first kappa shape index (κ1) is 15.3. The summed E-state index contributed by atoms with van der Waals surface area (Å²) in [6.45, 7) is 3.19. The summed E-state index contributed by atoms with van der Waals surface area (Å²) >= 11 is 1.63. The molecular weight excluding hydrogens is 292 g/mol. The third-order valence-corrected chi connectivity index (χ3v) is 4.77. The van der Waals surface area contributed by atoms with E-state index in [1.807, 2.05) is 23.6 Å². The van der Waals surface area contributed by atoms with Crippen molar-refractivity contribution in [3.63, 3.8) is 0 Å². The van der Waals surface area contributed by atoms with Crippen molar-refractivity contribution in [1.29, 1.82) is 0 Å². The third-order valence-electron chi connectivity index (χ3n) is 3.80. The number of carbonyl (C=O) groups is 1. The van der Waals surface area contributed by atoms with E-state index in [2.05, 4.69) is 23.6 Å². The molecule has 2 atom stereocenters. The Kier molecular flexibility index (Phi) is 5.02. The van der Waals surface area contributed by atoms with Crippen molar-refractivity contribution < 1.29 is 4.79 Å². The summed E-state index contributed by atoms with van der Waals surface area (Å²) < 4.78 is 1.17. The number of benzene rings is 1. The van der Waals surface area contributed by atoms with Gasteiger partial charge in [0.25, 0.3) is 5.91 Å². The minimum atomic E-state index is 0. The number of amides is 1. The maximum absolute atomic E-state index is 12.4. The quantitative estimate of drug-likeness (QED) is 0.894. The molecule has 0 saturated carbocycles. The van der Waals surface area contributed by atoms with Crippen molar-refractivity contribution in [3.05, 3.63) is 35.2 Å². The van der Waals surface area contributed by atoms with Gasteiger partial charge in [-0.15, -0.1) is 23.7 Å². The van der Waals surface area contributed by atoms with Crippen molar-refractivity contribution in [3.8, 4) is 0 Å². The van der Waals surface area contributed by atoms with Gasteiger partial charge in [-0.25, -0.2) is 0 Å². The van der Waals surface area contributed by atoms with Gasteiger partial charge in [-0.05, 0) is 32.4 Å². The average molecular weight is 311 g/mol. The summed E-state index contributed by atoms with van der Waals surface area (Å²) in [4.78, 5) is 12.4. The Morgan fingerprint density at radius 1 is 1.40 bits per heavy atom. The van der Waals surface area contributed by atoms with Crippen molar-refractivity contribution >= 4 is 39.7 Å². The first-order valence-electron chi connectivity index (χ1n) is 6.76. The number of thiophene rings is 1. The molecule has 5 heteroatoms. The molecule has 0 spiro atoms. The lowest BCUT2D eigenvalue weighted by Gasteiger charge is -2.30. The van der Waals surface area contributed by atoms with Crippen LogP contribution in [0, 0.1) is 0 Å². The molecule has 2 N–H and O–H groups in total. The van der Waals surface area contributed by atoms with Crippen molar-refractivity contribution in [2.45, 2.75) is 31.8 Å². The van der Waals surface area contributed by atoms with Crippen LogP contribution in [-0.2, 0) is 0 Å². The second-order valence-electron chi connectivity index (χ2n) is 5.11. The van der Waals surface area contributed by atoms with Gasteiger partial charge >= 0.3 is 0 Å². The fraction of sp³-hybridized carbons (Fsp3) is 0.400. The van der Waals surface area contributed by atoms with Crippen molar-refractivity contribution in [2.24, 2.45) is 0 Å². The molecule has 108 valence electrons. The zero-order valence-electron chi connectivity index (χ0n) is 11.4. The first-order valence-corrected chi connectivity index (χ1v) is 7.64. The van der Waals surface area contributed by atoms with E-state index >= 15 is 0 Å². The second kappa shape index (κ2) is 6.57. The SMILES string of the molecule is CC1NCCCC1NC(=O)c1csc2ccccc12.Cl. The van der Waals surface area contributed by atoms with E-state index in [1.54, 1.807) is 11.3 Å². The number of rotatable bonds is 2. The zero-order chi connectivity index (χ0) is 13.2. The predicted octanol–water partition coefficient (Wildman–Crippen LogP) is 3.19. The van der Waals surface area contributed by atoms with Crippen LogP contribution in [-0.4, -0.2) is 24.5 Å². The van der Waals surface area contributed by atoms with E-state index in [9.17, 15) is 4.79 Å². The molecule has 1 fully saturated rings. The molecular formula is C15H19ClN2OS. The minimum Gasteiger partial charge on any atom is -0.348 e. The number of halogens is 1. The van der Waals surface area contributed by atoms with E-state index in [1.165, 1.54) is 4.70 Å². The topological polar surface area (TPSA) is 41.1 Å². The lowest BCUT2D eigenvalue weighted by atomic mass is 9.99. The van der Waals surface area contributed by atoms with Crippen LogP contribution in [0.25, 0.3) is 10.1 Å². The second-order valence-corrected chi connectivity index (χ2v) is 6.02. The molecule has 0 radical (unpaired) electrons. The molecule has 1 amide bonds. The minimum absolute atomic E-state index is 0. The standard InChI is InChI=1S/C15H18N2OS.ClH/c1-10-13(6-4-8-16-10)17-15(18)12-9-19-14-7-3-2-5-11(12)14;/h2-3,5,7,9-10,13,16H,4,6,8H2,1H3,(H,17,18);1H. The lowest BCUT2D eigenvalue weighted by molar-refractivity contribution is 0.0922. The van der Waals surface area contributed by atoms with E-state index in [-0.39, 0.29) is 24.4 Å². The summed E-state index contributed by atoms with van der Waals surface area (Å²) in [5, 5.41) is 9.59. The van der Waals surface area contributed by atoms with Crippen LogP contribution < -0.4 is 10.6 Å². The summed E-state index contributed by atoms with van der Waals surface area (Å²) in [6, 6.07) is 8.65. The van der Waals surface area contributed by atoms with Gasteiger partial charge in [-0.3, -0.25) is 4.79 Å². The number of hydrogen-bond donors (Lipinski definition) is 2. The molecule has 2 aromatic rings. The normalized spacial score (nSPS) is 22.2. The van der Waals surface area contributed by atoms with E-state index < -0.39 is 0 Å². The fourth-order valence-corrected chi connectivity index (χ4v) is 3.58. The Morgan fingerprint density at radius 2 is 2.20 bits per heavy atom. The van der Waals surface area contributed by atoms with Crippen molar-refractivity contribution in [1.82, 2.24) is 10.6 Å². The molecule has 1 saturated heterocycles. The number of piperidine rings is 1. The lowest BCUT2D eigenvalue weighted by Crippen LogP contribution is -2.51. The van der Waals surface area contributed by atoms with Gasteiger partial charge in [0.1, 0.15) is 0 Å². The van der Waals surface area contributed by atoms with Crippen LogP contribution in [0.15, 0.2) is 29.6 Å². The third kappa shape index (κ3) is 2.97. The maximum Gasteiger partial charge on any atom is 0.253 e. The van der Waals surface area contributed by atoms with Crippen LogP contribution >= 0.6 is 23.7 Å². The monoisotopic (exact) mass is 310 g/mol. The highest BCUT2D eigenvalue weighted by atomic mass is 35.5. The highest BCUT2D eigenvalue weighted by Crippen LogP contribution is 2.25. The van der Waals surface area contributed by atoms with Gasteiger partial charge in [0, 0.05) is 27.5 Å². The summed E-state index contributed by atoms with van der Waals surface area (Å²) in [5.74, 6) is 0.0537. The van der Waals surface area contributed by atoms with Gasteiger partial charge < -0.3 is 10.6 Å². The molecule has 3 rings (SSSR count). The average Bonchev–Trinajstić information content (AvgIpc) is 2.85. The first-order chi connectivity index (χ1) is 9.25. The van der Waals surface area contributed by atoms with Crippen LogP contribution in [0.5, 0.6) is 0 Å². The highest BCUT2D eigenvalue weighted by molar-refractivity contribution is 7.17. The van der Waals surface area contributed by atoms with Gasteiger partial charge in [0.2, 0.25) is 0 Å². The largest absolute Gasteiger partial charge is 0.348 e. The fourth-order valence-electron chi connectivity index (χ4n) is 2.64. The maximum atomic E-state index is 12.4. The molecule has 1 aliphatic heterocycles. The number of nitrogens with one attached hydrogen (secondary N) is 2. The smallest absolute Gasteiger partial charge is 0.253 e. The zero-order valence-corrected chi connectivity index (χ0v) is 13.0. The van der Waals surface area contributed by atoms with Crippen LogP contribution in [0.1, 0.15) is 30.1 Å². The molecule has 3 nitrogen and oxygen atoms in total. The Balaban J connectivity index is 0.00000147. The number of fused-ring (bicyclic) bond motifs is 1. The van der Waals surface area contributed by atoms with E-state index in [0.29, 0.717) is 6.04 Å².